The topological polar surface area (TPSA) is 75.3 Å². The van der Waals surface area contributed by atoms with Crippen LogP contribution in [0.4, 0.5) is 0 Å². The van der Waals surface area contributed by atoms with Crippen molar-refractivity contribution in [3.8, 4) is 0 Å². The lowest BCUT2D eigenvalue weighted by atomic mass is 9.96. The number of nitrogens with one attached hydrogen (secondary N) is 2. The van der Waals surface area contributed by atoms with Gasteiger partial charge in [-0.3, -0.25) is 4.99 Å². The molecule has 0 spiro atoms. The van der Waals surface area contributed by atoms with Gasteiger partial charge in [0.1, 0.15) is 0 Å². The van der Waals surface area contributed by atoms with Crippen LogP contribution in [-0.4, -0.2) is 35.7 Å². The quantitative estimate of drug-likeness (QED) is 0.194. The number of aromatic nitrogens is 2. The van der Waals surface area contributed by atoms with Gasteiger partial charge in [-0.1, -0.05) is 47.1 Å². The molecular weight excluding hydrogens is 545 g/mol. The minimum absolute atomic E-state index is 0. The molecule has 0 aliphatic heterocycles. The van der Waals surface area contributed by atoms with Gasteiger partial charge in [0.15, 0.2) is 11.8 Å². The van der Waals surface area contributed by atoms with Crippen LogP contribution in [0.2, 0.25) is 0 Å². The van der Waals surface area contributed by atoms with Crippen LogP contribution in [0.1, 0.15) is 63.2 Å². The van der Waals surface area contributed by atoms with Crippen molar-refractivity contribution in [3.05, 3.63) is 46.0 Å². The first kappa shape index (κ1) is 24.1. The number of halogens is 2. The standard InChI is InChI=1S/C21H30BrN5O.HI/c1-4-23-20(24-12-6-9-18-26-19(15(2)3)27-28-18)25-14-21(10-11-21)16-7-5-8-17(22)13-16;/h5,7-8,13,15H,4,6,9-12,14H2,1-3H3,(H2,23,24,25);1H. The van der Waals surface area contributed by atoms with Gasteiger partial charge in [0.25, 0.3) is 0 Å². The molecule has 1 heterocycles. The number of nitrogens with zero attached hydrogens (tertiary/aromatic N) is 3. The second-order valence-electron chi connectivity index (χ2n) is 7.72. The molecule has 2 aromatic rings. The Labute approximate surface area is 198 Å². The summed E-state index contributed by atoms with van der Waals surface area (Å²) in [6.07, 6.45) is 4.08. The second kappa shape index (κ2) is 11.3. The van der Waals surface area contributed by atoms with E-state index in [1.54, 1.807) is 0 Å². The van der Waals surface area contributed by atoms with E-state index in [0.29, 0.717) is 11.8 Å². The summed E-state index contributed by atoms with van der Waals surface area (Å²) in [6, 6.07) is 8.61. The van der Waals surface area contributed by atoms with Crippen molar-refractivity contribution >= 4 is 45.9 Å². The highest BCUT2D eigenvalue weighted by atomic mass is 127. The van der Waals surface area contributed by atoms with Crippen LogP contribution in [0.25, 0.3) is 0 Å². The minimum atomic E-state index is 0. The Balaban J connectivity index is 0.00000300. The first-order chi connectivity index (χ1) is 13.5. The minimum Gasteiger partial charge on any atom is -0.357 e. The summed E-state index contributed by atoms with van der Waals surface area (Å²) in [5.74, 6) is 2.65. The van der Waals surface area contributed by atoms with Crippen molar-refractivity contribution in [1.29, 1.82) is 0 Å². The van der Waals surface area contributed by atoms with E-state index in [9.17, 15) is 0 Å². The predicted octanol–water partition coefficient (Wildman–Crippen LogP) is 4.79. The largest absolute Gasteiger partial charge is 0.357 e. The lowest BCUT2D eigenvalue weighted by Gasteiger charge is -2.16. The summed E-state index contributed by atoms with van der Waals surface area (Å²) in [6.45, 7) is 8.68. The molecule has 0 radical (unpaired) electrons. The molecule has 0 bridgehead atoms. The van der Waals surface area contributed by atoms with Crippen molar-refractivity contribution in [2.24, 2.45) is 4.99 Å². The third-order valence-electron chi connectivity index (χ3n) is 5.03. The summed E-state index contributed by atoms with van der Waals surface area (Å²) < 4.78 is 6.43. The van der Waals surface area contributed by atoms with Crippen LogP contribution in [0.3, 0.4) is 0 Å². The van der Waals surface area contributed by atoms with Gasteiger partial charge in [-0.15, -0.1) is 24.0 Å². The van der Waals surface area contributed by atoms with Crippen LogP contribution < -0.4 is 10.6 Å². The lowest BCUT2D eigenvalue weighted by molar-refractivity contribution is 0.368. The van der Waals surface area contributed by atoms with Gasteiger partial charge >= 0.3 is 0 Å². The summed E-state index contributed by atoms with van der Waals surface area (Å²) in [7, 11) is 0. The van der Waals surface area contributed by atoms with Gasteiger partial charge in [0.05, 0.1) is 6.54 Å². The molecule has 1 aliphatic carbocycles. The number of hydrogen-bond donors (Lipinski definition) is 2. The number of guanidine groups is 1. The maximum atomic E-state index is 5.30. The second-order valence-corrected chi connectivity index (χ2v) is 8.63. The van der Waals surface area contributed by atoms with E-state index in [1.165, 1.54) is 18.4 Å². The molecule has 8 heteroatoms. The van der Waals surface area contributed by atoms with Crippen molar-refractivity contribution in [1.82, 2.24) is 20.8 Å². The highest BCUT2D eigenvalue weighted by Crippen LogP contribution is 2.48. The van der Waals surface area contributed by atoms with E-state index in [2.05, 4.69) is 81.7 Å². The number of benzene rings is 1. The molecule has 2 N–H and O–H groups in total. The lowest BCUT2D eigenvalue weighted by Crippen LogP contribution is -2.38. The van der Waals surface area contributed by atoms with E-state index in [1.807, 2.05) is 0 Å². The third-order valence-corrected chi connectivity index (χ3v) is 5.53. The zero-order valence-corrected chi connectivity index (χ0v) is 21.3. The number of aryl methyl sites for hydroxylation is 1. The molecule has 0 amide bonds. The Morgan fingerprint density at radius 1 is 1.31 bits per heavy atom. The molecule has 1 aromatic carbocycles. The Morgan fingerprint density at radius 3 is 2.72 bits per heavy atom. The highest BCUT2D eigenvalue weighted by molar-refractivity contribution is 14.0. The first-order valence-electron chi connectivity index (χ1n) is 10.1. The normalized spacial score (nSPS) is 15.1. The zero-order chi connectivity index (χ0) is 20.0. The Hall–Kier alpha value is -1.16. The number of aliphatic imine (C=N–C) groups is 1. The molecule has 160 valence electrons. The maximum absolute atomic E-state index is 5.30. The molecule has 29 heavy (non-hydrogen) atoms. The van der Waals surface area contributed by atoms with Gasteiger partial charge < -0.3 is 15.2 Å². The summed E-state index contributed by atoms with van der Waals surface area (Å²) in [4.78, 5) is 9.28. The zero-order valence-electron chi connectivity index (χ0n) is 17.4. The Bertz CT molecular complexity index is 804. The van der Waals surface area contributed by atoms with E-state index in [-0.39, 0.29) is 29.4 Å². The van der Waals surface area contributed by atoms with Crippen LogP contribution >= 0.6 is 39.9 Å². The van der Waals surface area contributed by atoms with Crippen molar-refractivity contribution < 1.29 is 4.52 Å². The summed E-state index contributed by atoms with van der Waals surface area (Å²) in [5.41, 5.74) is 1.57. The monoisotopic (exact) mass is 575 g/mol. The Morgan fingerprint density at radius 2 is 2.10 bits per heavy atom. The highest BCUT2D eigenvalue weighted by Gasteiger charge is 2.44. The van der Waals surface area contributed by atoms with Crippen LogP contribution in [0.15, 0.2) is 38.3 Å². The number of rotatable bonds is 9. The first-order valence-corrected chi connectivity index (χ1v) is 10.9. The van der Waals surface area contributed by atoms with Crippen molar-refractivity contribution in [2.75, 3.05) is 19.6 Å². The SMILES string of the molecule is CCNC(=NCC1(c2cccc(Br)c2)CC1)NCCCc1nc(C(C)C)no1.I. The molecule has 0 unspecified atom stereocenters. The van der Waals surface area contributed by atoms with Crippen LogP contribution in [0.5, 0.6) is 0 Å². The van der Waals surface area contributed by atoms with Gasteiger partial charge in [0, 0.05) is 35.3 Å². The molecule has 1 saturated carbocycles. The fourth-order valence-corrected chi connectivity index (χ4v) is 3.53. The van der Waals surface area contributed by atoms with Gasteiger partial charge in [-0.2, -0.15) is 4.98 Å². The van der Waals surface area contributed by atoms with E-state index < -0.39 is 0 Å². The average Bonchev–Trinajstić information content (AvgIpc) is 3.32. The molecule has 1 fully saturated rings. The van der Waals surface area contributed by atoms with E-state index in [4.69, 9.17) is 9.52 Å². The average molecular weight is 576 g/mol. The fourth-order valence-electron chi connectivity index (χ4n) is 3.13. The summed E-state index contributed by atoms with van der Waals surface area (Å²) >= 11 is 3.58. The predicted molar refractivity (Wildman–Crippen MR) is 131 cm³/mol. The van der Waals surface area contributed by atoms with Gasteiger partial charge in [-0.05, 0) is 43.9 Å². The van der Waals surface area contributed by atoms with Crippen molar-refractivity contribution in [2.45, 2.75) is 57.8 Å². The van der Waals surface area contributed by atoms with Gasteiger partial charge in [-0.25, -0.2) is 0 Å². The van der Waals surface area contributed by atoms with Gasteiger partial charge in [0.2, 0.25) is 5.89 Å². The molecular formula is C21H31BrIN5O. The van der Waals surface area contributed by atoms with E-state index >= 15 is 0 Å². The van der Waals surface area contributed by atoms with E-state index in [0.717, 1.165) is 48.7 Å². The fraction of sp³-hybridized carbons (Fsp3) is 0.571. The van der Waals surface area contributed by atoms with Crippen LogP contribution in [-0.2, 0) is 11.8 Å². The third kappa shape index (κ3) is 6.94. The molecule has 1 aromatic heterocycles. The molecule has 6 nitrogen and oxygen atoms in total. The maximum Gasteiger partial charge on any atom is 0.226 e. The van der Waals surface area contributed by atoms with Crippen LogP contribution in [0, 0.1) is 0 Å². The molecule has 1 aliphatic rings. The molecule has 3 rings (SSSR count). The molecule has 0 saturated heterocycles. The van der Waals surface area contributed by atoms with Crippen molar-refractivity contribution in [3.63, 3.8) is 0 Å². The number of hydrogen-bond acceptors (Lipinski definition) is 4. The summed E-state index contributed by atoms with van der Waals surface area (Å²) in [5, 5.41) is 10.8. The molecule has 0 atom stereocenters. The smallest absolute Gasteiger partial charge is 0.226 e. The Kier molecular flexibility index (Phi) is 9.39.